The van der Waals surface area contributed by atoms with Gasteiger partial charge in [-0.2, -0.15) is 0 Å². The molecule has 0 unspecified atom stereocenters. The Balaban J connectivity index is 1.13. The van der Waals surface area contributed by atoms with Crippen LogP contribution in [-0.4, -0.2) is 34.2 Å². The normalized spacial score (nSPS) is 12.8. The van der Waals surface area contributed by atoms with E-state index in [9.17, 15) is 14.4 Å². The van der Waals surface area contributed by atoms with Crippen molar-refractivity contribution in [2.24, 2.45) is 0 Å². The van der Waals surface area contributed by atoms with Crippen LogP contribution in [0.1, 0.15) is 33.6 Å². The fraction of sp³-hybridized carbons (Fsp3) is 0.120. The van der Waals surface area contributed by atoms with E-state index in [1.165, 1.54) is 16.2 Å². The average Bonchev–Trinajstić information content (AvgIpc) is 3.36. The van der Waals surface area contributed by atoms with Crippen molar-refractivity contribution in [3.05, 3.63) is 84.1 Å². The number of nitrogens with one attached hydrogen (secondary N) is 2. The van der Waals surface area contributed by atoms with Crippen LogP contribution in [0.3, 0.4) is 0 Å². The number of imide groups is 1. The monoisotopic (exact) mass is 456 g/mol. The molecule has 2 heterocycles. The van der Waals surface area contributed by atoms with E-state index < -0.39 is 0 Å². The summed E-state index contributed by atoms with van der Waals surface area (Å²) in [4.78, 5) is 42.7. The second kappa shape index (κ2) is 8.84. The molecule has 7 nitrogen and oxygen atoms in total. The van der Waals surface area contributed by atoms with Crippen molar-refractivity contribution in [2.75, 3.05) is 17.2 Å². The highest BCUT2D eigenvalue weighted by Gasteiger charge is 2.34. The lowest BCUT2D eigenvalue weighted by molar-refractivity contribution is -0.116. The summed E-state index contributed by atoms with van der Waals surface area (Å²) in [6.07, 6.45) is 2.19. The van der Waals surface area contributed by atoms with Crippen molar-refractivity contribution in [1.82, 2.24) is 9.88 Å². The minimum Gasteiger partial charge on any atom is -0.331 e. The van der Waals surface area contributed by atoms with E-state index in [1.54, 1.807) is 30.5 Å². The number of anilines is 3. The molecule has 3 amide bonds. The van der Waals surface area contributed by atoms with Crippen LogP contribution in [-0.2, 0) is 4.79 Å². The highest BCUT2D eigenvalue weighted by atomic mass is 32.1. The van der Waals surface area contributed by atoms with E-state index in [-0.39, 0.29) is 30.7 Å². The second-order valence-electron chi connectivity index (χ2n) is 7.68. The number of hydrogen-bond donors (Lipinski definition) is 2. The summed E-state index contributed by atoms with van der Waals surface area (Å²) in [5.74, 6) is -0.793. The number of amides is 3. The molecule has 2 N–H and O–H groups in total. The predicted molar refractivity (Wildman–Crippen MR) is 129 cm³/mol. The molecule has 8 heteroatoms. The highest BCUT2D eigenvalue weighted by Crippen LogP contribution is 2.28. The zero-order chi connectivity index (χ0) is 22.8. The Morgan fingerprint density at radius 3 is 2.36 bits per heavy atom. The Bertz CT molecular complexity index is 1350. The summed E-state index contributed by atoms with van der Waals surface area (Å²) in [6.45, 7) is 0.206. The maximum atomic E-state index is 12.4. The van der Waals surface area contributed by atoms with E-state index in [0.29, 0.717) is 27.7 Å². The van der Waals surface area contributed by atoms with Gasteiger partial charge in [-0.3, -0.25) is 19.3 Å². The third-order valence-corrected chi connectivity index (χ3v) is 6.26. The SMILES string of the molecule is O=C(CCCN1C(=O)c2ccccc2C1=O)Nc1cnc(Nc2ccc3ccccc3c2)s1. The first kappa shape index (κ1) is 20.8. The van der Waals surface area contributed by atoms with Gasteiger partial charge in [-0.25, -0.2) is 4.98 Å². The number of nitrogens with zero attached hydrogens (tertiary/aromatic N) is 2. The highest BCUT2D eigenvalue weighted by molar-refractivity contribution is 7.19. The molecule has 1 aromatic heterocycles. The van der Waals surface area contributed by atoms with Gasteiger partial charge >= 0.3 is 0 Å². The summed E-state index contributed by atoms with van der Waals surface area (Å²) in [7, 11) is 0. The first-order valence-electron chi connectivity index (χ1n) is 10.6. The standard InChI is InChI=1S/C25H20N4O3S/c30-21(10-5-13-29-23(31)19-8-3-4-9-20(19)24(29)32)28-22-15-26-25(33-22)27-18-12-11-16-6-1-2-7-17(16)14-18/h1-4,6-9,11-12,14-15H,5,10,13H2,(H,26,27)(H,28,30). The lowest BCUT2D eigenvalue weighted by Crippen LogP contribution is -2.31. The molecule has 0 aliphatic carbocycles. The van der Waals surface area contributed by atoms with Gasteiger partial charge < -0.3 is 10.6 Å². The van der Waals surface area contributed by atoms with Crippen molar-refractivity contribution in [3.8, 4) is 0 Å². The Hall–Kier alpha value is -4.04. The average molecular weight is 457 g/mol. The molecule has 1 aliphatic heterocycles. The second-order valence-corrected chi connectivity index (χ2v) is 8.71. The third-order valence-electron chi connectivity index (χ3n) is 5.43. The molecule has 33 heavy (non-hydrogen) atoms. The van der Waals surface area contributed by atoms with Crippen LogP contribution in [0.5, 0.6) is 0 Å². The number of carbonyl (C=O) groups is 3. The topological polar surface area (TPSA) is 91.4 Å². The Morgan fingerprint density at radius 2 is 1.61 bits per heavy atom. The van der Waals surface area contributed by atoms with Crippen LogP contribution >= 0.6 is 11.3 Å². The molecule has 0 bridgehead atoms. The van der Waals surface area contributed by atoms with Gasteiger partial charge in [-0.1, -0.05) is 53.8 Å². The van der Waals surface area contributed by atoms with Gasteiger partial charge in [0, 0.05) is 18.7 Å². The van der Waals surface area contributed by atoms with Crippen LogP contribution in [0.4, 0.5) is 15.8 Å². The van der Waals surface area contributed by atoms with Crippen molar-refractivity contribution in [3.63, 3.8) is 0 Å². The smallest absolute Gasteiger partial charge is 0.261 e. The molecule has 4 aromatic rings. The van der Waals surface area contributed by atoms with Crippen molar-refractivity contribution in [1.29, 1.82) is 0 Å². The number of rotatable bonds is 7. The van der Waals surface area contributed by atoms with Gasteiger partial charge in [-0.15, -0.1) is 0 Å². The lowest BCUT2D eigenvalue weighted by Gasteiger charge is -2.13. The van der Waals surface area contributed by atoms with E-state index in [2.05, 4.69) is 27.8 Å². The Kier molecular flexibility index (Phi) is 5.58. The zero-order valence-corrected chi connectivity index (χ0v) is 18.4. The van der Waals surface area contributed by atoms with Crippen LogP contribution in [0.2, 0.25) is 0 Å². The summed E-state index contributed by atoms with van der Waals surface area (Å²) in [5.41, 5.74) is 1.76. The van der Waals surface area contributed by atoms with Gasteiger partial charge in [0.1, 0.15) is 5.00 Å². The maximum Gasteiger partial charge on any atom is 0.261 e. The molecular weight excluding hydrogens is 436 g/mol. The number of fused-ring (bicyclic) bond motifs is 2. The molecule has 0 saturated carbocycles. The first-order valence-corrected chi connectivity index (χ1v) is 11.4. The number of aromatic nitrogens is 1. The molecule has 1 aliphatic rings. The molecule has 3 aromatic carbocycles. The van der Waals surface area contributed by atoms with Crippen LogP contribution in [0.25, 0.3) is 10.8 Å². The Morgan fingerprint density at radius 1 is 0.909 bits per heavy atom. The summed E-state index contributed by atoms with van der Waals surface area (Å²) < 4.78 is 0. The number of hydrogen-bond acceptors (Lipinski definition) is 6. The largest absolute Gasteiger partial charge is 0.331 e. The van der Waals surface area contributed by atoms with Crippen molar-refractivity contribution < 1.29 is 14.4 Å². The minimum atomic E-state index is -0.303. The summed E-state index contributed by atoms with van der Waals surface area (Å²) in [5, 5.41) is 9.69. The molecule has 0 spiro atoms. The van der Waals surface area contributed by atoms with Crippen LogP contribution in [0, 0.1) is 0 Å². The van der Waals surface area contributed by atoms with E-state index in [1.807, 2.05) is 30.3 Å². The quantitative estimate of drug-likeness (QED) is 0.380. The molecule has 0 fully saturated rings. The fourth-order valence-corrected chi connectivity index (χ4v) is 4.57. The number of thiazole rings is 1. The zero-order valence-electron chi connectivity index (χ0n) is 17.6. The van der Waals surface area contributed by atoms with E-state index in [0.717, 1.165) is 16.5 Å². The predicted octanol–water partition coefficient (Wildman–Crippen LogP) is 5.05. The first-order chi connectivity index (χ1) is 16.1. The van der Waals surface area contributed by atoms with Crippen molar-refractivity contribution in [2.45, 2.75) is 12.8 Å². The number of carbonyl (C=O) groups excluding carboxylic acids is 3. The molecule has 0 radical (unpaired) electrons. The van der Waals surface area contributed by atoms with Gasteiger partial charge in [0.2, 0.25) is 5.91 Å². The van der Waals surface area contributed by atoms with Gasteiger partial charge in [0.25, 0.3) is 11.8 Å². The van der Waals surface area contributed by atoms with Crippen LogP contribution in [0.15, 0.2) is 72.9 Å². The van der Waals surface area contributed by atoms with E-state index in [4.69, 9.17) is 0 Å². The van der Waals surface area contributed by atoms with Gasteiger partial charge in [0.05, 0.1) is 17.3 Å². The third kappa shape index (κ3) is 4.33. The van der Waals surface area contributed by atoms with Gasteiger partial charge in [-0.05, 0) is 41.5 Å². The molecular formula is C25H20N4O3S. The van der Waals surface area contributed by atoms with E-state index >= 15 is 0 Å². The van der Waals surface area contributed by atoms with Gasteiger partial charge in [0.15, 0.2) is 5.13 Å². The Labute approximate surface area is 194 Å². The molecule has 164 valence electrons. The minimum absolute atomic E-state index is 0.187. The molecule has 5 rings (SSSR count). The lowest BCUT2D eigenvalue weighted by atomic mass is 10.1. The molecule has 0 saturated heterocycles. The fourth-order valence-electron chi connectivity index (χ4n) is 3.82. The van der Waals surface area contributed by atoms with Crippen LogP contribution < -0.4 is 10.6 Å². The summed E-state index contributed by atoms with van der Waals surface area (Å²) in [6, 6.07) is 21.0. The summed E-state index contributed by atoms with van der Waals surface area (Å²) >= 11 is 1.34. The molecule has 0 atom stereocenters. The van der Waals surface area contributed by atoms with Crippen molar-refractivity contribution >= 4 is 55.7 Å². The number of benzene rings is 3. The maximum absolute atomic E-state index is 12.4.